The van der Waals surface area contributed by atoms with Crippen molar-refractivity contribution in [1.82, 2.24) is 4.90 Å². The van der Waals surface area contributed by atoms with Gasteiger partial charge in [-0.25, -0.2) is 0 Å². The van der Waals surface area contributed by atoms with E-state index in [0.717, 1.165) is 23.1 Å². The molecule has 0 N–H and O–H groups in total. The van der Waals surface area contributed by atoms with Gasteiger partial charge in [0, 0.05) is 0 Å². The van der Waals surface area contributed by atoms with Crippen LogP contribution >= 0.6 is 23.4 Å². The van der Waals surface area contributed by atoms with E-state index in [1.807, 2.05) is 20.8 Å². The van der Waals surface area contributed by atoms with Gasteiger partial charge >= 0.3 is 0 Å². The molecule has 2 amide bonds. The Morgan fingerprint density at radius 2 is 2.12 bits per heavy atom. The summed E-state index contributed by atoms with van der Waals surface area (Å²) in [5.41, 5.74) is 0.640. The van der Waals surface area contributed by atoms with Gasteiger partial charge in [0.15, 0.2) is 11.5 Å². The van der Waals surface area contributed by atoms with Crippen molar-refractivity contribution in [3.63, 3.8) is 0 Å². The molecule has 0 aromatic heterocycles. The van der Waals surface area contributed by atoms with Crippen LogP contribution in [0.4, 0.5) is 4.79 Å². The van der Waals surface area contributed by atoms with Gasteiger partial charge in [-0.05, 0) is 55.8 Å². The summed E-state index contributed by atoms with van der Waals surface area (Å²) in [5, 5.41) is -0.00240. The molecular formula is C19H20ClNO4S. The Kier molecular flexibility index (Phi) is 7.01. The molecule has 7 heteroatoms. The molecule has 138 valence electrons. The van der Waals surface area contributed by atoms with Gasteiger partial charge < -0.3 is 9.47 Å². The lowest BCUT2D eigenvalue weighted by atomic mass is 10.1. The molecule has 5 nitrogen and oxygen atoms in total. The normalized spacial score (nSPS) is 16.7. The molecule has 0 aliphatic carbocycles. The van der Waals surface area contributed by atoms with Gasteiger partial charge in [-0.1, -0.05) is 24.4 Å². The van der Waals surface area contributed by atoms with Crippen molar-refractivity contribution in [3.05, 3.63) is 27.6 Å². The minimum Gasteiger partial charge on any atom is -0.490 e. The van der Waals surface area contributed by atoms with Crippen LogP contribution < -0.4 is 9.47 Å². The van der Waals surface area contributed by atoms with Crippen LogP contribution in [-0.2, 0) is 4.79 Å². The zero-order valence-electron chi connectivity index (χ0n) is 14.9. The number of imide groups is 1. The summed E-state index contributed by atoms with van der Waals surface area (Å²) in [6, 6.07) is 3.42. The highest BCUT2D eigenvalue weighted by Gasteiger charge is 2.34. The number of benzene rings is 1. The topological polar surface area (TPSA) is 55.8 Å². The van der Waals surface area contributed by atoms with Crippen LogP contribution in [0.5, 0.6) is 11.5 Å². The summed E-state index contributed by atoms with van der Waals surface area (Å²) in [6.07, 6.45) is 7.61. The number of hydrogen-bond acceptors (Lipinski definition) is 5. The van der Waals surface area contributed by atoms with Crippen LogP contribution in [0.3, 0.4) is 0 Å². The SMILES string of the molecule is C#CCN1C(=O)S/C(=C\c2cc(Cl)c(O[C@@H](C)CC)c(OCC)c2)C1=O. The lowest BCUT2D eigenvalue weighted by molar-refractivity contribution is -0.122. The number of carbonyl (C=O) groups is 2. The van der Waals surface area contributed by atoms with Gasteiger partial charge in [-0.15, -0.1) is 6.42 Å². The molecule has 1 saturated heterocycles. The molecule has 26 heavy (non-hydrogen) atoms. The van der Waals surface area contributed by atoms with Crippen molar-refractivity contribution in [2.45, 2.75) is 33.3 Å². The number of rotatable bonds is 7. The maximum Gasteiger partial charge on any atom is 0.294 e. The van der Waals surface area contributed by atoms with Gasteiger partial charge in [0.1, 0.15) is 0 Å². The first kappa shape index (κ1) is 20.2. The highest BCUT2D eigenvalue weighted by molar-refractivity contribution is 8.18. The minimum atomic E-state index is -0.410. The average Bonchev–Trinajstić information content (AvgIpc) is 2.86. The molecular weight excluding hydrogens is 374 g/mol. The van der Waals surface area contributed by atoms with Crippen molar-refractivity contribution in [3.8, 4) is 23.8 Å². The fraction of sp³-hybridized carbons (Fsp3) is 0.368. The molecule has 1 fully saturated rings. The minimum absolute atomic E-state index is 0.0159. The number of amides is 2. The van der Waals surface area contributed by atoms with E-state index >= 15 is 0 Å². The maximum atomic E-state index is 12.3. The number of nitrogens with zero attached hydrogens (tertiary/aromatic N) is 1. The Morgan fingerprint density at radius 1 is 1.38 bits per heavy atom. The van der Waals surface area contributed by atoms with E-state index in [-0.39, 0.29) is 17.9 Å². The number of terminal acetylenes is 1. The first-order chi connectivity index (χ1) is 12.4. The molecule has 1 aromatic carbocycles. The summed E-state index contributed by atoms with van der Waals surface area (Å²) < 4.78 is 11.5. The lowest BCUT2D eigenvalue weighted by Crippen LogP contribution is -2.28. The Balaban J connectivity index is 2.37. The predicted octanol–water partition coefficient (Wildman–Crippen LogP) is 4.59. The summed E-state index contributed by atoms with van der Waals surface area (Å²) in [4.78, 5) is 25.5. The number of carbonyl (C=O) groups excluding carboxylic acids is 2. The van der Waals surface area contributed by atoms with E-state index < -0.39 is 5.91 Å². The highest BCUT2D eigenvalue weighted by Crippen LogP contribution is 2.39. The molecule has 1 heterocycles. The second kappa shape index (κ2) is 9.02. The molecule has 0 saturated carbocycles. The van der Waals surface area contributed by atoms with E-state index in [4.69, 9.17) is 27.5 Å². The first-order valence-corrected chi connectivity index (χ1v) is 9.42. The average molecular weight is 394 g/mol. The zero-order chi connectivity index (χ0) is 19.3. The molecule has 2 rings (SSSR count). The quantitative estimate of drug-likeness (QED) is 0.501. The molecule has 1 atom stereocenters. The third-order valence-electron chi connectivity index (χ3n) is 3.65. The molecule has 1 aliphatic heterocycles. The van der Waals surface area contributed by atoms with E-state index in [2.05, 4.69) is 5.92 Å². The van der Waals surface area contributed by atoms with Crippen LogP contribution in [0.2, 0.25) is 5.02 Å². The van der Waals surface area contributed by atoms with Crippen molar-refractivity contribution in [1.29, 1.82) is 0 Å². The Morgan fingerprint density at radius 3 is 2.73 bits per heavy atom. The van der Waals surface area contributed by atoms with Gasteiger partial charge in [-0.3, -0.25) is 14.5 Å². The Bertz CT molecular complexity index is 784. The fourth-order valence-corrected chi connectivity index (χ4v) is 3.31. The van der Waals surface area contributed by atoms with Crippen LogP contribution in [0.25, 0.3) is 6.08 Å². The van der Waals surface area contributed by atoms with E-state index in [9.17, 15) is 9.59 Å². The van der Waals surface area contributed by atoms with Crippen molar-refractivity contribution < 1.29 is 19.1 Å². The third-order valence-corrected chi connectivity index (χ3v) is 4.83. The van der Waals surface area contributed by atoms with Gasteiger partial charge in [0.05, 0.1) is 29.2 Å². The summed E-state index contributed by atoms with van der Waals surface area (Å²) in [5.74, 6) is 2.86. The fourth-order valence-electron chi connectivity index (χ4n) is 2.21. The standard InChI is InChI=1S/C19H20ClNO4S/c1-5-8-21-18(22)16(26-19(21)23)11-13-9-14(20)17(25-12(4)6-2)15(10-13)24-7-3/h1,9-12H,6-8H2,2-4H3/b16-11-/t12-/m0/s1. The molecule has 0 radical (unpaired) electrons. The number of ether oxygens (including phenoxy) is 2. The highest BCUT2D eigenvalue weighted by atomic mass is 35.5. The zero-order valence-corrected chi connectivity index (χ0v) is 16.4. The molecule has 0 unspecified atom stereocenters. The smallest absolute Gasteiger partial charge is 0.294 e. The summed E-state index contributed by atoms with van der Waals surface area (Å²) in [6.45, 7) is 6.21. The molecule has 0 spiro atoms. The summed E-state index contributed by atoms with van der Waals surface area (Å²) >= 11 is 7.22. The molecule has 1 aromatic rings. The number of thioether (sulfide) groups is 1. The third kappa shape index (κ3) is 4.54. The van der Waals surface area contributed by atoms with Gasteiger partial charge in [0.2, 0.25) is 0 Å². The van der Waals surface area contributed by atoms with E-state index in [0.29, 0.717) is 33.6 Å². The van der Waals surface area contributed by atoms with Crippen molar-refractivity contribution >= 4 is 40.6 Å². The van der Waals surface area contributed by atoms with Crippen molar-refractivity contribution in [2.24, 2.45) is 0 Å². The maximum absolute atomic E-state index is 12.3. The Hall–Kier alpha value is -2.10. The van der Waals surface area contributed by atoms with Gasteiger partial charge in [-0.2, -0.15) is 0 Å². The largest absolute Gasteiger partial charge is 0.490 e. The second-order valence-electron chi connectivity index (χ2n) is 5.57. The van der Waals surface area contributed by atoms with Crippen LogP contribution in [-0.4, -0.2) is 35.3 Å². The second-order valence-corrected chi connectivity index (χ2v) is 6.97. The summed E-state index contributed by atoms with van der Waals surface area (Å²) in [7, 11) is 0. The number of halogens is 1. The lowest BCUT2D eigenvalue weighted by Gasteiger charge is -2.18. The number of hydrogen-bond donors (Lipinski definition) is 0. The van der Waals surface area contributed by atoms with Crippen LogP contribution in [0.15, 0.2) is 17.0 Å². The molecule has 1 aliphatic rings. The van der Waals surface area contributed by atoms with E-state index in [1.54, 1.807) is 18.2 Å². The van der Waals surface area contributed by atoms with Gasteiger partial charge in [0.25, 0.3) is 11.1 Å². The van der Waals surface area contributed by atoms with E-state index in [1.165, 1.54) is 0 Å². The predicted molar refractivity (Wildman–Crippen MR) is 105 cm³/mol. The van der Waals surface area contributed by atoms with Crippen molar-refractivity contribution in [2.75, 3.05) is 13.2 Å². The molecule has 0 bridgehead atoms. The Labute approximate surface area is 162 Å². The monoisotopic (exact) mass is 393 g/mol. The van der Waals surface area contributed by atoms with Crippen LogP contribution in [0, 0.1) is 12.3 Å². The first-order valence-electron chi connectivity index (χ1n) is 8.23. The van der Waals surface area contributed by atoms with Crippen LogP contribution in [0.1, 0.15) is 32.8 Å².